The Balaban J connectivity index is 1.59. The maximum absolute atomic E-state index is 5.45. The van der Waals surface area contributed by atoms with Gasteiger partial charge in [0.1, 0.15) is 0 Å². The lowest BCUT2D eigenvalue weighted by molar-refractivity contribution is 0.367. The van der Waals surface area contributed by atoms with E-state index in [0.29, 0.717) is 5.89 Å². The molecule has 2 aromatic rings. The molecule has 4 nitrogen and oxygen atoms in total. The molecule has 0 spiro atoms. The molecule has 4 rings (SSSR count). The average Bonchev–Trinajstić information content (AvgIpc) is 3.14. The molecule has 3 heterocycles. The number of nitrogens with one attached hydrogen (secondary N) is 1. The summed E-state index contributed by atoms with van der Waals surface area (Å²) < 4.78 is 5.45. The molecule has 1 saturated heterocycles. The van der Waals surface area contributed by atoms with Gasteiger partial charge in [-0.1, -0.05) is 11.6 Å². The highest BCUT2D eigenvalue weighted by atomic mass is 32.1. The molecule has 5 heteroatoms. The van der Waals surface area contributed by atoms with E-state index < -0.39 is 0 Å². The number of rotatable bonds is 2. The van der Waals surface area contributed by atoms with Gasteiger partial charge in [-0.15, -0.1) is 11.3 Å². The molecule has 2 aliphatic rings. The fraction of sp³-hybridized carbons (Fsp3) is 0.571. The van der Waals surface area contributed by atoms with Crippen LogP contribution in [0.25, 0.3) is 10.8 Å². The number of nitrogens with zero attached hydrogens (tertiary/aromatic N) is 2. The van der Waals surface area contributed by atoms with E-state index in [9.17, 15) is 0 Å². The van der Waals surface area contributed by atoms with E-state index in [-0.39, 0.29) is 6.04 Å². The molecule has 0 bridgehead atoms. The Morgan fingerprint density at radius 2 is 2.26 bits per heavy atom. The fourth-order valence-corrected chi connectivity index (χ4v) is 4.16. The summed E-state index contributed by atoms with van der Waals surface area (Å²) in [6.45, 7) is 1.06. The second-order valence-corrected chi connectivity index (χ2v) is 6.51. The van der Waals surface area contributed by atoms with Gasteiger partial charge in [0.05, 0.1) is 10.9 Å². The number of aromatic nitrogens is 2. The Hall–Kier alpha value is -1.20. The van der Waals surface area contributed by atoms with Gasteiger partial charge in [-0.3, -0.25) is 0 Å². The molecule has 1 fully saturated rings. The van der Waals surface area contributed by atoms with Crippen LogP contribution in [0.4, 0.5) is 0 Å². The standard InChI is InChI=1S/C14H17N3OS/c1-2-7-15-10(5-1)13-16-14(18-17-13)12-8-9-4-3-6-11(9)19-12/h8,10,15H,1-7H2. The van der Waals surface area contributed by atoms with Crippen molar-refractivity contribution in [3.8, 4) is 10.8 Å². The van der Waals surface area contributed by atoms with Gasteiger partial charge in [-0.05, 0) is 50.3 Å². The summed E-state index contributed by atoms with van der Waals surface area (Å²) in [5.41, 5.74) is 1.48. The van der Waals surface area contributed by atoms with Gasteiger partial charge in [-0.25, -0.2) is 0 Å². The molecule has 0 amide bonds. The molecule has 0 saturated carbocycles. The first kappa shape index (κ1) is 11.6. The summed E-state index contributed by atoms with van der Waals surface area (Å²) in [6, 6.07) is 2.51. The van der Waals surface area contributed by atoms with Gasteiger partial charge in [-0.2, -0.15) is 4.98 Å². The van der Waals surface area contributed by atoms with Crippen molar-refractivity contribution < 1.29 is 4.52 Å². The first-order valence-electron chi connectivity index (χ1n) is 7.09. The van der Waals surface area contributed by atoms with Crippen molar-refractivity contribution in [1.82, 2.24) is 15.5 Å². The van der Waals surface area contributed by atoms with Crippen molar-refractivity contribution in [3.63, 3.8) is 0 Å². The van der Waals surface area contributed by atoms with Gasteiger partial charge < -0.3 is 9.84 Å². The van der Waals surface area contributed by atoms with Crippen LogP contribution in [0.15, 0.2) is 10.6 Å². The minimum Gasteiger partial charge on any atom is -0.333 e. The third kappa shape index (κ3) is 2.11. The molecule has 2 aromatic heterocycles. The van der Waals surface area contributed by atoms with Gasteiger partial charge in [0, 0.05) is 4.88 Å². The first-order chi connectivity index (χ1) is 9.40. The maximum Gasteiger partial charge on any atom is 0.268 e. The van der Waals surface area contributed by atoms with Crippen LogP contribution in [0, 0.1) is 0 Å². The van der Waals surface area contributed by atoms with Crippen molar-refractivity contribution in [2.45, 2.75) is 44.6 Å². The van der Waals surface area contributed by atoms with Gasteiger partial charge in [0.2, 0.25) is 0 Å². The van der Waals surface area contributed by atoms with Crippen LogP contribution in [0.2, 0.25) is 0 Å². The van der Waals surface area contributed by atoms with Crippen LogP contribution in [0.1, 0.15) is 48.0 Å². The smallest absolute Gasteiger partial charge is 0.268 e. The molecular formula is C14H17N3OS. The van der Waals surface area contributed by atoms with E-state index >= 15 is 0 Å². The highest BCUT2D eigenvalue weighted by Crippen LogP contribution is 2.36. The van der Waals surface area contributed by atoms with Crippen LogP contribution in [0.5, 0.6) is 0 Å². The third-order valence-electron chi connectivity index (χ3n) is 4.02. The van der Waals surface area contributed by atoms with Crippen LogP contribution >= 0.6 is 11.3 Å². The zero-order valence-corrected chi connectivity index (χ0v) is 11.6. The molecule has 1 N–H and O–H groups in total. The van der Waals surface area contributed by atoms with Crippen molar-refractivity contribution in [2.24, 2.45) is 0 Å². The summed E-state index contributed by atoms with van der Waals surface area (Å²) in [4.78, 5) is 7.23. The Bertz CT molecular complexity index is 562. The van der Waals surface area contributed by atoms with Gasteiger partial charge in [0.15, 0.2) is 5.82 Å². The highest BCUT2D eigenvalue weighted by Gasteiger charge is 2.23. The quantitative estimate of drug-likeness (QED) is 0.915. The Kier molecular flexibility index (Phi) is 2.89. The summed E-state index contributed by atoms with van der Waals surface area (Å²) >= 11 is 1.82. The van der Waals surface area contributed by atoms with E-state index in [1.165, 1.54) is 42.5 Å². The van der Waals surface area contributed by atoms with E-state index in [2.05, 4.69) is 21.5 Å². The van der Waals surface area contributed by atoms with E-state index in [1.54, 1.807) is 0 Å². The van der Waals surface area contributed by atoms with Crippen LogP contribution in [0.3, 0.4) is 0 Å². The zero-order valence-electron chi connectivity index (χ0n) is 10.8. The van der Waals surface area contributed by atoms with Crippen LogP contribution in [-0.4, -0.2) is 16.7 Å². The lowest BCUT2D eigenvalue weighted by Crippen LogP contribution is -2.27. The minimum absolute atomic E-state index is 0.276. The van der Waals surface area contributed by atoms with Gasteiger partial charge >= 0.3 is 0 Å². The SMILES string of the molecule is c1c(-c2nc(C3CCCCN3)no2)sc2c1CCC2. The first-order valence-corrected chi connectivity index (χ1v) is 7.91. The normalized spacial score (nSPS) is 22.6. The highest BCUT2D eigenvalue weighted by molar-refractivity contribution is 7.15. The van der Waals surface area contributed by atoms with Crippen LogP contribution in [-0.2, 0) is 12.8 Å². The number of thiophene rings is 1. The second kappa shape index (κ2) is 4.72. The van der Waals surface area contributed by atoms with E-state index in [4.69, 9.17) is 4.52 Å². The lowest BCUT2D eigenvalue weighted by Gasteiger charge is -2.19. The predicted molar refractivity (Wildman–Crippen MR) is 74.2 cm³/mol. The monoisotopic (exact) mass is 275 g/mol. The second-order valence-electron chi connectivity index (χ2n) is 5.37. The number of piperidine rings is 1. The summed E-state index contributed by atoms with van der Waals surface area (Å²) in [7, 11) is 0. The molecule has 1 unspecified atom stereocenters. The van der Waals surface area contributed by atoms with Crippen molar-refractivity contribution in [1.29, 1.82) is 0 Å². The van der Waals surface area contributed by atoms with Crippen molar-refractivity contribution >= 4 is 11.3 Å². The largest absolute Gasteiger partial charge is 0.333 e. The molecule has 19 heavy (non-hydrogen) atoms. The number of fused-ring (bicyclic) bond motifs is 1. The summed E-state index contributed by atoms with van der Waals surface area (Å²) in [6.07, 6.45) is 7.32. The number of aryl methyl sites for hydroxylation is 2. The molecule has 1 aliphatic carbocycles. The molecular weight excluding hydrogens is 258 g/mol. The molecule has 1 atom stereocenters. The Morgan fingerprint density at radius 3 is 3.11 bits per heavy atom. The summed E-state index contributed by atoms with van der Waals surface area (Å²) in [5, 5.41) is 7.61. The molecule has 1 aliphatic heterocycles. The van der Waals surface area contributed by atoms with Crippen molar-refractivity contribution in [3.05, 3.63) is 22.3 Å². The van der Waals surface area contributed by atoms with Gasteiger partial charge in [0.25, 0.3) is 5.89 Å². The third-order valence-corrected chi connectivity index (χ3v) is 5.25. The molecule has 0 aromatic carbocycles. The fourth-order valence-electron chi connectivity index (χ4n) is 2.98. The van der Waals surface area contributed by atoms with E-state index in [0.717, 1.165) is 23.7 Å². The Morgan fingerprint density at radius 1 is 1.26 bits per heavy atom. The van der Waals surface area contributed by atoms with Crippen molar-refractivity contribution in [2.75, 3.05) is 6.54 Å². The molecule has 0 radical (unpaired) electrons. The predicted octanol–water partition coefficient (Wildman–Crippen LogP) is 3.10. The topological polar surface area (TPSA) is 51.0 Å². The minimum atomic E-state index is 0.276. The average molecular weight is 275 g/mol. The number of hydrogen-bond acceptors (Lipinski definition) is 5. The maximum atomic E-state index is 5.45. The van der Waals surface area contributed by atoms with Crippen LogP contribution < -0.4 is 5.32 Å². The zero-order chi connectivity index (χ0) is 12.7. The Labute approximate surface area is 116 Å². The summed E-state index contributed by atoms with van der Waals surface area (Å²) in [5.74, 6) is 1.52. The lowest BCUT2D eigenvalue weighted by atomic mass is 10.0. The van der Waals surface area contributed by atoms with E-state index in [1.807, 2.05) is 11.3 Å². The number of hydrogen-bond donors (Lipinski definition) is 1. The molecule has 100 valence electrons.